The van der Waals surface area contributed by atoms with Crippen LogP contribution in [0.25, 0.3) is 22.3 Å². The maximum absolute atomic E-state index is 13.1. The van der Waals surface area contributed by atoms with Crippen molar-refractivity contribution in [3.05, 3.63) is 96.6 Å². The van der Waals surface area contributed by atoms with E-state index in [2.05, 4.69) is 36.2 Å². The van der Waals surface area contributed by atoms with Gasteiger partial charge >= 0.3 is 18.2 Å². The lowest BCUT2D eigenvalue weighted by Gasteiger charge is -2.24. The number of nitrogens with two attached hydrogens (primary N) is 1. The van der Waals surface area contributed by atoms with Crippen LogP contribution in [-0.4, -0.2) is 121 Å². The zero-order valence-electron chi connectivity index (χ0n) is 43.6. The number of hydrazine groups is 2. The fraction of sp³-hybridized carbons (Fsp3) is 0.440. The molecule has 25 heteroatoms. The topological polar surface area (TPSA) is 305 Å². The van der Waals surface area contributed by atoms with E-state index in [0.29, 0.717) is 29.9 Å². The smallest absolute Gasteiger partial charge is 0.410 e. The number of ether oxygens (including phenoxy) is 2. The van der Waals surface area contributed by atoms with Crippen molar-refractivity contribution in [3.8, 4) is 0 Å². The van der Waals surface area contributed by atoms with Crippen LogP contribution in [0.4, 0.5) is 21.2 Å². The highest BCUT2D eigenvalue weighted by Gasteiger charge is 2.41. The molecule has 3 amide bonds. The van der Waals surface area contributed by atoms with Gasteiger partial charge in [-0.3, -0.25) is 20.4 Å². The lowest BCUT2D eigenvalue weighted by atomic mass is 9.93. The van der Waals surface area contributed by atoms with Crippen LogP contribution in [-0.2, 0) is 39.1 Å². The Morgan fingerprint density at radius 1 is 0.640 bits per heavy atom. The fourth-order valence-corrected chi connectivity index (χ4v) is 10.8. The Morgan fingerprint density at radius 2 is 1.04 bits per heavy atom. The second kappa shape index (κ2) is 23.0. The molecule has 4 atom stereocenters. The number of hydrogen-bond acceptors (Lipinski definition) is 17. The molecule has 0 aliphatic carbocycles. The number of anilines is 2. The number of carboxylic acids is 1. The zero-order chi connectivity index (χ0) is 55.2. The third-order valence-electron chi connectivity index (χ3n) is 12.2. The average molecular weight is 1080 g/mol. The predicted octanol–water partition coefficient (Wildman–Crippen LogP) is 6.54. The first kappa shape index (κ1) is 56.9. The van der Waals surface area contributed by atoms with E-state index in [9.17, 15) is 36.0 Å². The highest BCUT2D eigenvalue weighted by molar-refractivity contribution is 7.90. The van der Waals surface area contributed by atoms with Gasteiger partial charge in [0.15, 0.2) is 22.9 Å². The van der Waals surface area contributed by atoms with Crippen LogP contribution in [0.15, 0.2) is 95.2 Å². The van der Waals surface area contributed by atoms with Crippen molar-refractivity contribution in [1.82, 2.24) is 43.1 Å². The van der Waals surface area contributed by atoms with Crippen LogP contribution >= 0.6 is 0 Å². The number of aliphatic carboxylic acids is 1. The monoisotopic (exact) mass is 1070 g/mol. The Labute approximate surface area is 436 Å². The first-order chi connectivity index (χ1) is 35.1. The van der Waals surface area contributed by atoms with E-state index >= 15 is 0 Å². The molecule has 23 nitrogen and oxygen atoms in total. The minimum atomic E-state index is -3.84. The Balaban J connectivity index is 0.000000202. The Hall–Kier alpha value is -7.38. The van der Waals surface area contributed by atoms with Gasteiger partial charge in [-0.1, -0.05) is 62.1 Å². The quantitative estimate of drug-likeness (QED) is 0.0679. The third kappa shape index (κ3) is 13.9. The van der Waals surface area contributed by atoms with E-state index in [1.54, 1.807) is 107 Å². The summed E-state index contributed by atoms with van der Waals surface area (Å²) in [4.78, 5) is 68.6. The van der Waals surface area contributed by atoms with Gasteiger partial charge in [-0.05, 0) is 104 Å². The summed E-state index contributed by atoms with van der Waals surface area (Å²) < 4.78 is 64.3. The Bertz CT molecular complexity index is 3240. The molecule has 0 bridgehead atoms. The van der Waals surface area contributed by atoms with Crippen LogP contribution < -0.4 is 22.1 Å². The molecule has 2 aliphatic rings. The van der Waals surface area contributed by atoms with Gasteiger partial charge in [-0.25, -0.2) is 60.1 Å². The van der Waals surface area contributed by atoms with Crippen molar-refractivity contribution >= 4 is 78.1 Å². The molecular formula is C50H66N12O11S2. The number of carboxylic acid groups (broad SMARTS) is 1. The highest BCUT2D eigenvalue weighted by Crippen LogP contribution is 2.30. The first-order valence-corrected chi connectivity index (χ1v) is 27.1. The van der Waals surface area contributed by atoms with Gasteiger partial charge in [-0.2, -0.15) is 0 Å². The van der Waals surface area contributed by atoms with E-state index in [1.165, 1.54) is 29.7 Å². The predicted molar refractivity (Wildman–Crippen MR) is 280 cm³/mol. The fourth-order valence-electron chi connectivity index (χ4n) is 8.26. The summed E-state index contributed by atoms with van der Waals surface area (Å²) in [7, 11) is -7.54. The van der Waals surface area contributed by atoms with Gasteiger partial charge in [-0.15, -0.1) is 0 Å². The Kier molecular flexibility index (Phi) is 17.5. The van der Waals surface area contributed by atoms with Gasteiger partial charge in [0.1, 0.15) is 22.2 Å². The largest absolute Gasteiger partial charge is 0.481 e. The zero-order valence-corrected chi connectivity index (χ0v) is 45.3. The molecule has 8 rings (SSSR count). The molecule has 2 saturated heterocycles. The normalized spacial score (nSPS) is 17.9. The number of carbonyl (C=O) groups excluding carboxylic acids is 3. The summed E-state index contributed by atoms with van der Waals surface area (Å²) in [5, 5.41) is 9.07. The SMILES string of the molecule is CCC1CN(C(=O)OC(C)(C)C)CC1C(=O)NNc1cnc2c(ccn2S(=O)(=O)c2ccc(C)cc2)n1.CCC1CN(C(=O)OC(C)(C)C)CC1C(=O)O.Cc1ccc(S(=O)(=O)n2ccc3nc(NN)cnc32)cc1. The molecule has 2 fully saturated rings. The first-order valence-electron chi connectivity index (χ1n) is 24.2. The van der Waals surface area contributed by atoms with E-state index in [4.69, 9.17) is 20.4 Å². The lowest BCUT2D eigenvalue weighted by molar-refractivity contribution is -0.142. The van der Waals surface area contributed by atoms with Crippen molar-refractivity contribution in [1.29, 1.82) is 0 Å². The van der Waals surface area contributed by atoms with Gasteiger partial charge in [0.25, 0.3) is 20.0 Å². The minimum absolute atomic E-state index is 0.0103. The van der Waals surface area contributed by atoms with E-state index in [1.807, 2.05) is 27.7 Å². The lowest BCUT2D eigenvalue weighted by Crippen LogP contribution is -2.39. The van der Waals surface area contributed by atoms with Crippen LogP contribution in [0.5, 0.6) is 0 Å². The standard InChI is InChI=1S/C25H32N6O5S.C13H13N5O2S.C12H21NO4/c1-6-17-14-30(24(33)36-25(3,4)5)15-19(17)23(32)29-28-21-13-26-22-20(27-21)11-12-31(22)37(34,35)18-9-7-16(2)8-10-18;1-9-2-4-10(5-3-9)21(19,20)18-7-6-11-13(18)15-8-12(16-11)17-14;1-5-8-6-13(7-9(8)10(14)15)11(16)17-12(2,3)4/h7-13,17,19H,6,14-15H2,1-5H3,(H,27,28)(H,29,32);2-8H,14H2,1H3,(H,16,17);8-9H,5-7H2,1-4H3,(H,14,15). The summed E-state index contributed by atoms with van der Waals surface area (Å²) in [5.74, 6) is 3.91. The van der Waals surface area contributed by atoms with Crippen molar-refractivity contribution in [2.45, 2.75) is 103 Å². The molecule has 0 spiro atoms. The molecule has 6 aromatic rings. The summed E-state index contributed by atoms with van der Waals surface area (Å²) in [5.41, 5.74) is 9.79. The molecule has 4 unspecified atom stereocenters. The van der Waals surface area contributed by atoms with Crippen LogP contribution in [0.2, 0.25) is 0 Å². The summed E-state index contributed by atoms with van der Waals surface area (Å²) in [6, 6.07) is 16.3. The maximum atomic E-state index is 13.1. The second-order valence-electron chi connectivity index (χ2n) is 20.2. The molecule has 0 radical (unpaired) electrons. The average Bonchev–Trinajstić information content (AvgIpc) is 4.17. The van der Waals surface area contributed by atoms with Crippen LogP contribution in [0.3, 0.4) is 0 Å². The van der Waals surface area contributed by atoms with Crippen LogP contribution in [0, 0.1) is 37.5 Å². The molecule has 6 heterocycles. The maximum Gasteiger partial charge on any atom is 0.410 e. The number of nitrogen functional groups attached to an aromatic ring is 1. The number of likely N-dealkylation sites (tertiary alicyclic amines) is 2. The third-order valence-corrected chi connectivity index (χ3v) is 15.6. The van der Waals surface area contributed by atoms with Crippen molar-refractivity contribution in [2.75, 3.05) is 37.0 Å². The molecule has 2 aromatic carbocycles. The highest BCUT2D eigenvalue weighted by atomic mass is 32.2. The molecule has 2 aliphatic heterocycles. The number of benzene rings is 2. The van der Waals surface area contributed by atoms with Crippen molar-refractivity contribution in [3.63, 3.8) is 0 Å². The van der Waals surface area contributed by atoms with Gasteiger partial charge < -0.3 is 29.8 Å². The van der Waals surface area contributed by atoms with E-state index < -0.39 is 61.2 Å². The number of nitrogens with zero attached hydrogens (tertiary/aromatic N) is 8. The molecule has 0 saturated carbocycles. The molecule has 75 heavy (non-hydrogen) atoms. The number of aromatic nitrogens is 6. The number of fused-ring (bicyclic) bond motifs is 2. The van der Waals surface area contributed by atoms with E-state index in [0.717, 1.165) is 31.9 Å². The van der Waals surface area contributed by atoms with Gasteiger partial charge in [0.2, 0.25) is 5.91 Å². The number of rotatable bonds is 11. The minimum Gasteiger partial charge on any atom is -0.481 e. The summed E-state index contributed by atoms with van der Waals surface area (Å²) >= 11 is 0. The molecule has 6 N–H and O–H groups in total. The number of carbonyl (C=O) groups is 4. The van der Waals surface area contributed by atoms with E-state index in [-0.39, 0.29) is 57.7 Å². The Morgan fingerprint density at radius 3 is 1.43 bits per heavy atom. The molecule has 404 valence electrons. The molecule has 4 aromatic heterocycles. The second-order valence-corrected chi connectivity index (χ2v) is 23.8. The van der Waals surface area contributed by atoms with Crippen LogP contribution in [0.1, 0.15) is 79.4 Å². The van der Waals surface area contributed by atoms with Crippen molar-refractivity contribution in [2.24, 2.45) is 29.5 Å². The number of hydrogen-bond donors (Lipinski definition) is 5. The summed E-state index contributed by atoms with van der Waals surface area (Å²) in [6.07, 6.45) is 6.20. The van der Waals surface area contributed by atoms with Gasteiger partial charge in [0.05, 0.1) is 34.0 Å². The number of amides is 3. The van der Waals surface area contributed by atoms with Crippen molar-refractivity contribution < 1.29 is 50.6 Å². The number of nitrogens with one attached hydrogen (secondary N) is 3. The molecular weight excluding hydrogens is 1010 g/mol. The number of aryl methyl sites for hydroxylation is 2. The van der Waals surface area contributed by atoms with Gasteiger partial charge in [0, 0.05) is 38.6 Å². The summed E-state index contributed by atoms with van der Waals surface area (Å²) in [6.45, 7) is 19.9.